The summed E-state index contributed by atoms with van der Waals surface area (Å²) < 4.78 is 28.2. The molecule has 0 bridgehead atoms. The van der Waals surface area contributed by atoms with Gasteiger partial charge in [-0.25, -0.2) is 13.4 Å². The largest absolute Gasteiger partial charge is 0.458 e. The van der Waals surface area contributed by atoms with Gasteiger partial charge in [-0.2, -0.15) is 0 Å². The van der Waals surface area contributed by atoms with E-state index in [0.717, 1.165) is 5.69 Å². The number of rotatable bonds is 1. The zero-order valence-electron chi connectivity index (χ0n) is 9.04. The van der Waals surface area contributed by atoms with E-state index in [2.05, 4.69) is 10.3 Å². The maximum atomic E-state index is 11.3. The summed E-state index contributed by atoms with van der Waals surface area (Å²) in [6, 6.07) is 9.70. The topological polar surface area (TPSA) is 67.8 Å². The van der Waals surface area contributed by atoms with E-state index in [-0.39, 0.29) is 23.7 Å². The zero-order valence-corrected chi connectivity index (χ0v) is 9.85. The normalized spacial score (nSPS) is 29.3. The molecule has 5 nitrogen and oxygen atoms in total. The summed E-state index contributed by atoms with van der Waals surface area (Å²) in [5.41, 5.74) is 0.883. The molecule has 1 N–H and O–H groups in total. The van der Waals surface area contributed by atoms with Gasteiger partial charge in [0.05, 0.1) is 11.5 Å². The molecule has 90 valence electrons. The second-order valence-corrected chi connectivity index (χ2v) is 6.38. The third-order valence-corrected chi connectivity index (χ3v) is 4.53. The van der Waals surface area contributed by atoms with Crippen molar-refractivity contribution >= 4 is 21.5 Å². The number of sulfone groups is 1. The predicted octanol–water partition coefficient (Wildman–Crippen LogP) is 0.650. The number of ether oxygens (including phenoxy) is 1. The Bertz CT molecular complexity index is 553. The number of hydrogen-bond donors (Lipinski definition) is 1. The van der Waals surface area contributed by atoms with Gasteiger partial charge in [0.2, 0.25) is 0 Å². The van der Waals surface area contributed by atoms with Crippen LogP contribution in [0.4, 0.5) is 5.69 Å². The van der Waals surface area contributed by atoms with Crippen molar-refractivity contribution < 1.29 is 13.2 Å². The van der Waals surface area contributed by atoms with E-state index in [1.807, 2.05) is 30.3 Å². The van der Waals surface area contributed by atoms with Crippen LogP contribution in [0.25, 0.3) is 0 Å². The Morgan fingerprint density at radius 3 is 2.71 bits per heavy atom. The third kappa shape index (κ3) is 2.12. The second kappa shape index (κ2) is 3.73. The number of nitrogens with one attached hydrogen (secondary N) is 1. The van der Waals surface area contributed by atoms with Gasteiger partial charge >= 0.3 is 0 Å². The summed E-state index contributed by atoms with van der Waals surface area (Å²) in [7, 11) is -2.96. The molecule has 3 rings (SSSR count). The molecule has 2 aliphatic rings. The highest BCUT2D eigenvalue weighted by atomic mass is 32.2. The minimum Gasteiger partial charge on any atom is -0.458 e. The molecule has 1 saturated heterocycles. The molecule has 2 aliphatic heterocycles. The molecule has 2 atom stereocenters. The van der Waals surface area contributed by atoms with Crippen molar-refractivity contribution in [3.05, 3.63) is 30.3 Å². The van der Waals surface area contributed by atoms with E-state index in [1.54, 1.807) is 0 Å². The van der Waals surface area contributed by atoms with Crippen LogP contribution < -0.4 is 5.32 Å². The van der Waals surface area contributed by atoms with E-state index < -0.39 is 9.84 Å². The Labute approximate surface area is 99.4 Å². The number of amidine groups is 1. The minimum absolute atomic E-state index is 0.0706. The molecule has 1 aromatic carbocycles. The Morgan fingerprint density at radius 2 is 2.00 bits per heavy atom. The van der Waals surface area contributed by atoms with Crippen molar-refractivity contribution in [2.45, 2.75) is 12.1 Å². The van der Waals surface area contributed by atoms with Gasteiger partial charge in [-0.3, -0.25) is 0 Å². The first-order valence-corrected chi connectivity index (χ1v) is 7.21. The van der Waals surface area contributed by atoms with Crippen LogP contribution in [0.5, 0.6) is 0 Å². The lowest BCUT2D eigenvalue weighted by molar-refractivity contribution is 0.230. The second-order valence-electron chi connectivity index (χ2n) is 4.23. The van der Waals surface area contributed by atoms with Crippen LogP contribution in [0.3, 0.4) is 0 Å². The van der Waals surface area contributed by atoms with Gasteiger partial charge in [0, 0.05) is 5.69 Å². The molecule has 0 aliphatic carbocycles. The molecular formula is C11H12N2O3S. The average Bonchev–Trinajstić information content (AvgIpc) is 2.72. The van der Waals surface area contributed by atoms with Gasteiger partial charge < -0.3 is 10.1 Å². The smallest absolute Gasteiger partial charge is 0.290 e. The number of hydrogen-bond acceptors (Lipinski definition) is 5. The van der Waals surface area contributed by atoms with Crippen molar-refractivity contribution in [1.82, 2.24) is 0 Å². The molecule has 0 radical (unpaired) electrons. The van der Waals surface area contributed by atoms with Crippen LogP contribution in [0.1, 0.15) is 0 Å². The van der Waals surface area contributed by atoms with Gasteiger partial charge in [-0.1, -0.05) is 18.2 Å². The maximum absolute atomic E-state index is 11.3. The van der Waals surface area contributed by atoms with E-state index in [4.69, 9.17) is 4.74 Å². The van der Waals surface area contributed by atoms with Crippen molar-refractivity contribution in [2.75, 3.05) is 16.8 Å². The monoisotopic (exact) mass is 252 g/mol. The average molecular weight is 252 g/mol. The Balaban J connectivity index is 1.73. The molecule has 2 heterocycles. The van der Waals surface area contributed by atoms with E-state index in [0.29, 0.717) is 6.02 Å². The molecular weight excluding hydrogens is 240 g/mol. The fraction of sp³-hybridized carbons (Fsp3) is 0.364. The number of nitrogens with zero attached hydrogens (tertiary/aromatic N) is 1. The van der Waals surface area contributed by atoms with Crippen LogP contribution in [0.15, 0.2) is 35.3 Å². The highest BCUT2D eigenvalue weighted by Gasteiger charge is 2.43. The first kappa shape index (κ1) is 10.6. The van der Waals surface area contributed by atoms with Gasteiger partial charge in [-0.15, -0.1) is 0 Å². The standard InChI is InChI=1S/C11H12N2O3S/c14-17(15)6-9-10(7-17)16-11(13-9)12-8-4-2-1-3-5-8/h1-5,9-10H,6-7H2,(H,12,13)/t9-,10-/m0/s1. The number of fused-ring (bicyclic) bond motifs is 1. The lowest BCUT2D eigenvalue weighted by Gasteiger charge is -2.08. The fourth-order valence-corrected chi connectivity index (χ4v) is 3.80. The van der Waals surface area contributed by atoms with Crippen LogP contribution in [-0.4, -0.2) is 38.1 Å². The molecule has 0 spiro atoms. The van der Waals surface area contributed by atoms with Gasteiger partial charge in [0.1, 0.15) is 12.1 Å². The van der Waals surface area contributed by atoms with E-state index in [1.165, 1.54) is 0 Å². The summed E-state index contributed by atoms with van der Waals surface area (Å²) in [6.07, 6.45) is -0.314. The summed E-state index contributed by atoms with van der Waals surface area (Å²) >= 11 is 0. The third-order valence-electron chi connectivity index (χ3n) is 2.84. The van der Waals surface area contributed by atoms with Crippen LogP contribution in [0, 0.1) is 0 Å². The SMILES string of the molecule is O=S1(=O)C[C@@H]2N=C(Nc3ccccc3)O[C@H]2C1. The Morgan fingerprint density at radius 1 is 1.24 bits per heavy atom. The minimum atomic E-state index is -2.96. The van der Waals surface area contributed by atoms with E-state index >= 15 is 0 Å². The quantitative estimate of drug-likeness (QED) is 0.797. The number of benzene rings is 1. The zero-order chi connectivity index (χ0) is 11.9. The lowest BCUT2D eigenvalue weighted by atomic mass is 10.2. The number of aliphatic imine (C=N–C) groups is 1. The molecule has 0 saturated carbocycles. The molecule has 0 unspecified atom stereocenters. The van der Waals surface area contributed by atoms with Crippen molar-refractivity contribution in [2.24, 2.45) is 4.99 Å². The van der Waals surface area contributed by atoms with Gasteiger partial charge in [0.25, 0.3) is 6.02 Å². The van der Waals surface area contributed by atoms with Crippen molar-refractivity contribution in [1.29, 1.82) is 0 Å². The van der Waals surface area contributed by atoms with Crippen LogP contribution >= 0.6 is 0 Å². The summed E-state index contributed by atoms with van der Waals surface area (Å²) in [6.45, 7) is 0. The Hall–Kier alpha value is -1.56. The summed E-state index contributed by atoms with van der Waals surface area (Å²) in [5.74, 6) is 0.165. The summed E-state index contributed by atoms with van der Waals surface area (Å²) in [4.78, 5) is 4.25. The van der Waals surface area contributed by atoms with Crippen LogP contribution in [-0.2, 0) is 14.6 Å². The maximum Gasteiger partial charge on any atom is 0.290 e. The first-order chi connectivity index (χ1) is 8.12. The van der Waals surface area contributed by atoms with Crippen LogP contribution in [0.2, 0.25) is 0 Å². The van der Waals surface area contributed by atoms with Gasteiger partial charge in [0.15, 0.2) is 9.84 Å². The highest BCUT2D eigenvalue weighted by molar-refractivity contribution is 7.91. The highest BCUT2D eigenvalue weighted by Crippen LogP contribution is 2.24. The molecule has 6 heteroatoms. The lowest BCUT2D eigenvalue weighted by Crippen LogP contribution is -2.22. The predicted molar refractivity (Wildman–Crippen MR) is 64.8 cm³/mol. The molecule has 0 amide bonds. The molecule has 17 heavy (non-hydrogen) atoms. The van der Waals surface area contributed by atoms with Crippen molar-refractivity contribution in [3.63, 3.8) is 0 Å². The Kier molecular flexibility index (Phi) is 2.32. The first-order valence-electron chi connectivity index (χ1n) is 5.39. The fourth-order valence-electron chi connectivity index (χ4n) is 2.06. The van der Waals surface area contributed by atoms with Crippen molar-refractivity contribution in [3.8, 4) is 0 Å². The number of para-hydroxylation sites is 1. The molecule has 1 fully saturated rings. The number of anilines is 1. The van der Waals surface area contributed by atoms with Gasteiger partial charge in [-0.05, 0) is 12.1 Å². The molecule has 0 aromatic heterocycles. The molecule has 1 aromatic rings. The van der Waals surface area contributed by atoms with E-state index in [9.17, 15) is 8.42 Å². The summed E-state index contributed by atoms with van der Waals surface area (Å²) in [5, 5.41) is 3.03.